The first-order valence-corrected chi connectivity index (χ1v) is 14.6. The van der Waals surface area contributed by atoms with Crippen LogP contribution in [-0.2, 0) is 9.84 Å². The highest BCUT2D eigenvalue weighted by molar-refractivity contribution is 7.91. The maximum Gasteiger partial charge on any atom is 0.206 e. The van der Waals surface area contributed by atoms with Crippen molar-refractivity contribution in [1.82, 2.24) is 24.8 Å². The first-order valence-electron chi connectivity index (χ1n) is 12.7. The van der Waals surface area contributed by atoms with Crippen LogP contribution < -0.4 is 10.2 Å². The number of rotatable bonds is 7. The Morgan fingerprint density at radius 2 is 1.63 bits per heavy atom. The number of nitrogens with zero attached hydrogens (tertiary/aromatic N) is 6. The molecule has 0 unspecified atom stereocenters. The van der Waals surface area contributed by atoms with Gasteiger partial charge in [-0.15, -0.1) is 0 Å². The third-order valence-corrected chi connectivity index (χ3v) is 9.32. The van der Waals surface area contributed by atoms with Gasteiger partial charge in [0, 0.05) is 62.8 Å². The van der Waals surface area contributed by atoms with Crippen molar-refractivity contribution in [1.29, 1.82) is 0 Å². The molecule has 2 fully saturated rings. The number of nitrogens with one attached hydrogen (secondary N) is 1. The van der Waals surface area contributed by atoms with E-state index in [9.17, 15) is 8.42 Å². The summed E-state index contributed by atoms with van der Waals surface area (Å²) in [4.78, 5) is 22.4. The monoisotopic (exact) mass is 549 g/mol. The van der Waals surface area contributed by atoms with Gasteiger partial charge in [0.1, 0.15) is 17.0 Å². The Hall–Kier alpha value is -3.34. The summed E-state index contributed by atoms with van der Waals surface area (Å²) >= 11 is 6.09. The Bertz CT molecular complexity index is 1520. The number of halogens is 1. The first-order chi connectivity index (χ1) is 18.5. The van der Waals surface area contributed by atoms with Crippen molar-refractivity contribution >= 4 is 44.0 Å². The largest absolute Gasteiger partial charge is 0.371 e. The fraction of sp³-hybridized carbons (Fsp3) is 0.333. The normalized spacial score (nSPS) is 17.4. The number of anilines is 2. The van der Waals surface area contributed by atoms with E-state index in [0.717, 1.165) is 62.6 Å². The van der Waals surface area contributed by atoms with Gasteiger partial charge in [0.05, 0.1) is 15.3 Å². The lowest BCUT2D eigenvalue weighted by molar-refractivity contribution is 0.174. The molecule has 11 heteroatoms. The van der Waals surface area contributed by atoms with Gasteiger partial charge in [0.15, 0.2) is 5.82 Å². The van der Waals surface area contributed by atoms with Gasteiger partial charge >= 0.3 is 0 Å². The molecular weight excluding hydrogens is 522 g/mol. The molecule has 2 aliphatic rings. The highest BCUT2D eigenvalue weighted by Gasteiger charge is 2.30. The van der Waals surface area contributed by atoms with Crippen molar-refractivity contribution in [3.8, 4) is 0 Å². The summed E-state index contributed by atoms with van der Waals surface area (Å²) in [6.45, 7) is 5.10. The van der Waals surface area contributed by atoms with E-state index in [2.05, 4.69) is 35.1 Å². The van der Waals surface area contributed by atoms with Gasteiger partial charge in [-0.05, 0) is 61.4 Å². The van der Waals surface area contributed by atoms with Crippen molar-refractivity contribution in [2.45, 2.75) is 28.7 Å². The van der Waals surface area contributed by atoms with E-state index < -0.39 is 9.84 Å². The molecule has 1 N–H and O–H groups in total. The molecule has 0 saturated carbocycles. The van der Waals surface area contributed by atoms with Gasteiger partial charge in [-0.3, -0.25) is 4.98 Å². The molecule has 9 nitrogen and oxygen atoms in total. The molecule has 0 spiro atoms. The van der Waals surface area contributed by atoms with Crippen LogP contribution in [0.4, 0.5) is 11.5 Å². The number of hydrogen-bond acceptors (Lipinski definition) is 9. The standard InChI is InChI=1S/C27H28ClN7O2S/c28-25-6-5-24-26(33-25)27(31-18-30-24)32-20-9-13-34(14-10-20)15-19-16-35(17-19)21-1-3-22(4-2-21)38(36,37)23-7-11-29-12-8-23/h1-8,11-12,18-20H,9-10,13-17H2,(H,30,31,32). The van der Waals surface area contributed by atoms with Crippen LogP contribution in [0.1, 0.15) is 12.8 Å². The summed E-state index contributed by atoms with van der Waals surface area (Å²) in [5.41, 5.74) is 2.55. The number of piperidine rings is 1. The zero-order valence-electron chi connectivity index (χ0n) is 20.7. The van der Waals surface area contributed by atoms with E-state index in [4.69, 9.17) is 11.6 Å². The summed E-state index contributed by atoms with van der Waals surface area (Å²) in [6.07, 6.45) is 6.62. The number of likely N-dealkylation sites (tertiary alicyclic amines) is 1. The molecule has 6 rings (SSSR count). The molecule has 0 aliphatic carbocycles. The number of hydrogen-bond donors (Lipinski definition) is 1. The van der Waals surface area contributed by atoms with E-state index in [1.807, 2.05) is 18.2 Å². The minimum Gasteiger partial charge on any atom is -0.371 e. The van der Waals surface area contributed by atoms with Gasteiger partial charge in [-0.25, -0.2) is 23.4 Å². The predicted molar refractivity (Wildman–Crippen MR) is 147 cm³/mol. The van der Waals surface area contributed by atoms with Gasteiger partial charge in [-0.2, -0.15) is 0 Å². The maximum absolute atomic E-state index is 12.8. The average molecular weight is 550 g/mol. The summed E-state index contributed by atoms with van der Waals surface area (Å²) in [6, 6.07) is 14.2. The SMILES string of the molecule is O=S(=O)(c1ccncc1)c1ccc(N2CC(CN3CCC(Nc4ncnc5ccc(Cl)nc45)CC3)C2)cc1. The van der Waals surface area contributed by atoms with E-state index >= 15 is 0 Å². The Labute approximate surface area is 226 Å². The second-order valence-corrected chi connectivity index (χ2v) is 12.2. The summed E-state index contributed by atoms with van der Waals surface area (Å²) in [5.74, 6) is 1.35. The molecule has 38 heavy (non-hydrogen) atoms. The summed E-state index contributed by atoms with van der Waals surface area (Å²) < 4.78 is 25.6. The molecule has 0 bridgehead atoms. The van der Waals surface area contributed by atoms with Crippen LogP contribution in [0.2, 0.25) is 5.15 Å². The fourth-order valence-corrected chi connectivity index (χ4v) is 6.62. The minimum absolute atomic E-state index is 0.259. The second kappa shape index (κ2) is 10.4. The van der Waals surface area contributed by atoms with Crippen LogP contribution in [0.3, 0.4) is 0 Å². The topological polar surface area (TPSA) is 104 Å². The molecule has 4 aromatic rings. The molecular formula is C27H28ClN7O2S. The average Bonchev–Trinajstić information content (AvgIpc) is 2.92. The predicted octanol–water partition coefficient (Wildman–Crippen LogP) is 3.92. The molecule has 3 aromatic heterocycles. The molecule has 0 amide bonds. The van der Waals surface area contributed by atoms with Crippen molar-refractivity contribution in [3.63, 3.8) is 0 Å². The first kappa shape index (κ1) is 25.0. The highest BCUT2D eigenvalue weighted by Crippen LogP contribution is 2.29. The van der Waals surface area contributed by atoms with Crippen LogP contribution in [-0.4, -0.2) is 72.0 Å². The van der Waals surface area contributed by atoms with Gasteiger partial charge in [-0.1, -0.05) is 11.6 Å². The Morgan fingerprint density at radius 1 is 0.921 bits per heavy atom. The van der Waals surface area contributed by atoms with Crippen LogP contribution >= 0.6 is 11.6 Å². The van der Waals surface area contributed by atoms with E-state index in [0.29, 0.717) is 27.5 Å². The van der Waals surface area contributed by atoms with Crippen LogP contribution in [0.25, 0.3) is 11.0 Å². The zero-order chi connectivity index (χ0) is 26.1. The molecule has 0 radical (unpaired) electrons. The van der Waals surface area contributed by atoms with Crippen LogP contribution in [0.15, 0.2) is 77.0 Å². The zero-order valence-corrected chi connectivity index (χ0v) is 22.3. The summed E-state index contributed by atoms with van der Waals surface area (Å²) in [5, 5.41) is 3.99. The number of fused-ring (bicyclic) bond motifs is 1. The highest BCUT2D eigenvalue weighted by atomic mass is 35.5. The lowest BCUT2D eigenvalue weighted by atomic mass is 9.96. The number of benzene rings is 1. The number of aromatic nitrogens is 4. The second-order valence-electron chi connectivity index (χ2n) is 9.89. The van der Waals surface area contributed by atoms with Gasteiger partial charge < -0.3 is 15.1 Å². The van der Waals surface area contributed by atoms with Gasteiger partial charge in [0.2, 0.25) is 9.84 Å². The van der Waals surface area contributed by atoms with E-state index in [1.54, 1.807) is 24.5 Å². The fourth-order valence-electron chi connectivity index (χ4n) is 5.23. The van der Waals surface area contributed by atoms with Gasteiger partial charge in [0.25, 0.3) is 0 Å². The third kappa shape index (κ3) is 5.16. The van der Waals surface area contributed by atoms with Crippen molar-refractivity contribution < 1.29 is 8.42 Å². The molecule has 2 saturated heterocycles. The third-order valence-electron chi connectivity index (χ3n) is 7.32. The quantitative estimate of drug-likeness (QED) is 0.343. The Morgan fingerprint density at radius 3 is 2.37 bits per heavy atom. The smallest absolute Gasteiger partial charge is 0.206 e. The number of sulfone groups is 1. The Kier molecular flexibility index (Phi) is 6.86. The molecule has 1 aromatic carbocycles. The van der Waals surface area contributed by atoms with Crippen molar-refractivity contribution in [3.05, 3.63) is 72.4 Å². The maximum atomic E-state index is 12.8. The van der Waals surface area contributed by atoms with Crippen LogP contribution in [0.5, 0.6) is 0 Å². The van der Waals surface area contributed by atoms with Crippen molar-refractivity contribution in [2.24, 2.45) is 5.92 Å². The lowest BCUT2D eigenvalue weighted by Crippen LogP contribution is -2.53. The van der Waals surface area contributed by atoms with Crippen molar-refractivity contribution in [2.75, 3.05) is 42.9 Å². The lowest BCUT2D eigenvalue weighted by Gasteiger charge is -2.44. The van der Waals surface area contributed by atoms with E-state index in [1.165, 1.54) is 24.5 Å². The minimum atomic E-state index is -3.52. The van der Waals surface area contributed by atoms with Crippen LogP contribution in [0, 0.1) is 5.92 Å². The van der Waals surface area contributed by atoms with E-state index in [-0.39, 0.29) is 4.90 Å². The molecule has 5 heterocycles. The Balaban J connectivity index is 0.983. The molecule has 196 valence electrons. The number of pyridine rings is 2. The molecule has 0 atom stereocenters. The molecule has 2 aliphatic heterocycles. The summed E-state index contributed by atoms with van der Waals surface area (Å²) in [7, 11) is -3.52.